The number of H-pyrrole nitrogens is 1. The van der Waals surface area contributed by atoms with Gasteiger partial charge >= 0.3 is 5.97 Å². The Morgan fingerprint density at radius 3 is 2.58 bits per heavy atom. The van der Waals surface area contributed by atoms with Gasteiger partial charge in [-0.05, 0) is 44.9 Å². The second-order valence-electron chi connectivity index (χ2n) is 8.76. The van der Waals surface area contributed by atoms with Crippen molar-refractivity contribution in [2.24, 2.45) is 0 Å². The molecule has 0 radical (unpaired) electrons. The number of benzene rings is 2. The number of rotatable bonds is 7. The smallest absolute Gasteiger partial charge is 0.306 e. The van der Waals surface area contributed by atoms with Crippen LogP contribution in [0.2, 0.25) is 0 Å². The van der Waals surface area contributed by atoms with Crippen LogP contribution in [-0.2, 0) is 16.0 Å². The molecule has 0 spiro atoms. The molecule has 2 aromatic carbocycles. The molecule has 0 bridgehead atoms. The van der Waals surface area contributed by atoms with E-state index in [2.05, 4.69) is 20.3 Å². The average molecular weight is 443 g/mol. The van der Waals surface area contributed by atoms with E-state index in [0.29, 0.717) is 40.8 Å². The first-order chi connectivity index (χ1) is 15.8. The fourth-order valence-electron chi connectivity index (χ4n) is 3.56. The highest BCUT2D eigenvalue weighted by Gasteiger charge is 2.19. The van der Waals surface area contributed by atoms with Crippen LogP contribution < -0.4 is 5.32 Å². The Balaban J connectivity index is 1.56. The molecule has 0 aliphatic heterocycles. The number of hydrogen-bond donors (Lipinski definition) is 2. The first-order valence-electron chi connectivity index (χ1n) is 10.8. The average Bonchev–Trinajstić information content (AvgIpc) is 3.22. The molecule has 7 nitrogen and oxygen atoms in total. The number of ether oxygens (including phenoxy) is 1. The fraction of sp³-hybridized carbons (Fsp3) is 0.231. The van der Waals surface area contributed by atoms with Gasteiger partial charge < -0.3 is 15.0 Å². The van der Waals surface area contributed by atoms with Crippen LogP contribution in [0.15, 0.2) is 67.1 Å². The number of esters is 1. The van der Waals surface area contributed by atoms with Crippen LogP contribution in [0.5, 0.6) is 0 Å². The Labute approximate surface area is 192 Å². The zero-order chi connectivity index (χ0) is 23.4. The van der Waals surface area contributed by atoms with Gasteiger partial charge in [0.15, 0.2) is 5.78 Å². The number of ketones is 1. The molecule has 4 rings (SSSR count). The van der Waals surface area contributed by atoms with Crippen molar-refractivity contribution < 1.29 is 14.3 Å². The Hall–Kier alpha value is -4.00. The predicted octanol–water partition coefficient (Wildman–Crippen LogP) is 5.21. The minimum Gasteiger partial charge on any atom is -0.460 e. The van der Waals surface area contributed by atoms with Gasteiger partial charge in [0.1, 0.15) is 23.4 Å². The van der Waals surface area contributed by atoms with Crippen LogP contribution in [0.4, 0.5) is 11.5 Å². The van der Waals surface area contributed by atoms with E-state index >= 15 is 0 Å². The summed E-state index contributed by atoms with van der Waals surface area (Å²) in [5.74, 6) is 0.199. The predicted molar refractivity (Wildman–Crippen MR) is 128 cm³/mol. The zero-order valence-electron chi connectivity index (χ0n) is 18.9. The van der Waals surface area contributed by atoms with Crippen molar-refractivity contribution in [1.82, 2.24) is 15.0 Å². The SMILES string of the molecule is CC(C)(C)OC(=O)CCc1cccc(Nc2ncnc3[nH]cc(C(=O)c4ccccc4)c23)c1. The number of nitrogens with zero attached hydrogens (tertiary/aromatic N) is 2. The summed E-state index contributed by atoms with van der Waals surface area (Å²) in [4.78, 5) is 36.9. The summed E-state index contributed by atoms with van der Waals surface area (Å²) >= 11 is 0. The molecule has 0 atom stereocenters. The topological polar surface area (TPSA) is 97.0 Å². The normalized spacial score (nSPS) is 11.4. The lowest BCUT2D eigenvalue weighted by Gasteiger charge is -2.19. The van der Waals surface area contributed by atoms with Crippen LogP contribution in [0.25, 0.3) is 11.0 Å². The van der Waals surface area contributed by atoms with Crippen LogP contribution in [0.1, 0.15) is 48.7 Å². The maximum absolute atomic E-state index is 13.1. The molecule has 0 amide bonds. The molecule has 0 saturated carbocycles. The Morgan fingerprint density at radius 2 is 1.82 bits per heavy atom. The number of anilines is 2. The largest absolute Gasteiger partial charge is 0.460 e. The molecule has 33 heavy (non-hydrogen) atoms. The Bertz CT molecular complexity index is 1290. The maximum Gasteiger partial charge on any atom is 0.306 e. The molecule has 0 saturated heterocycles. The first kappa shape index (κ1) is 22.2. The van der Waals surface area contributed by atoms with Gasteiger partial charge in [-0.15, -0.1) is 0 Å². The second-order valence-corrected chi connectivity index (χ2v) is 8.76. The minimum atomic E-state index is -0.496. The van der Waals surface area contributed by atoms with E-state index in [1.54, 1.807) is 18.3 Å². The summed E-state index contributed by atoms with van der Waals surface area (Å²) < 4.78 is 5.39. The van der Waals surface area contributed by atoms with E-state index in [1.807, 2.05) is 63.2 Å². The van der Waals surface area contributed by atoms with Gasteiger partial charge in [0, 0.05) is 23.9 Å². The van der Waals surface area contributed by atoms with Gasteiger partial charge in [0.2, 0.25) is 0 Å². The van der Waals surface area contributed by atoms with Gasteiger partial charge in [0.25, 0.3) is 0 Å². The third-order valence-electron chi connectivity index (χ3n) is 4.98. The zero-order valence-corrected chi connectivity index (χ0v) is 18.9. The Kier molecular flexibility index (Phi) is 6.22. The Morgan fingerprint density at radius 1 is 1.03 bits per heavy atom. The van der Waals surface area contributed by atoms with Gasteiger partial charge in [-0.2, -0.15) is 0 Å². The van der Waals surface area contributed by atoms with Gasteiger partial charge in [-0.3, -0.25) is 9.59 Å². The van der Waals surface area contributed by atoms with E-state index in [9.17, 15) is 9.59 Å². The molecule has 7 heteroatoms. The molecule has 2 aromatic heterocycles. The monoisotopic (exact) mass is 442 g/mol. The highest BCUT2D eigenvalue weighted by Crippen LogP contribution is 2.28. The van der Waals surface area contributed by atoms with E-state index in [-0.39, 0.29) is 11.8 Å². The number of carbonyl (C=O) groups excluding carboxylic acids is 2. The van der Waals surface area contributed by atoms with E-state index in [0.717, 1.165) is 11.3 Å². The first-order valence-corrected chi connectivity index (χ1v) is 10.8. The lowest BCUT2D eigenvalue weighted by Crippen LogP contribution is -2.24. The van der Waals surface area contributed by atoms with Crippen molar-refractivity contribution in [1.29, 1.82) is 0 Å². The fourth-order valence-corrected chi connectivity index (χ4v) is 3.56. The molecule has 0 unspecified atom stereocenters. The summed E-state index contributed by atoms with van der Waals surface area (Å²) in [7, 11) is 0. The van der Waals surface area contributed by atoms with Crippen molar-refractivity contribution in [2.45, 2.75) is 39.2 Å². The maximum atomic E-state index is 13.1. The molecular formula is C26H26N4O3. The summed E-state index contributed by atoms with van der Waals surface area (Å²) in [6, 6.07) is 16.9. The lowest BCUT2D eigenvalue weighted by molar-refractivity contribution is -0.154. The van der Waals surface area contributed by atoms with Crippen molar-refractivity contribution in [3.05, 3.63) is 83.8 Å². The molecule has 0 aliphatic carbocycles. The number of nitrogens with one attached hydrogen (secondary N) is 2. The standard InChI is InChI=1S/C26H26N4O3/c1-26(2,3)33-21(31)13-12-17-8-7-11-19(14-17)30-25-22-20(15-27-24(22)28-16-29-25)23(32)18-9-5-4-6-10-18/h4-11,14-16H,12-13H2,1-3H3,(H2,27,28,29,30). The van der Waals surface area contributed by atoms with Gasteiger partial charge in [0.05, 0.1) is 10.9 Å². The molecule has 0 aliphatic rings. The van der Waals surface area contributed by atoms with Crippen molar-refractivity contribution in [3.63, 3.8) is 0 Å². The third kappa shape index (κ3) is 5.44. The highest BCUT2D eigenvalue weighted by molar-refractivity contribution is 6.18. The molecule has 2 heterocycles. The van der Waals surface area contributed by atoms with E-state index in [4.69, 9.17) is 4.74 Å². The third-order valence-corrected chi connectivity index (χ3v) is 4.98. The van der Waals surface area contributed by atoms with Crippen LogP contribution in [0.3, 0.4) is 0 Å². The number of aromatic amines is 1. The van der Waals surface area contributed by atoms with Crippen LogP contribution >= 0.6 is 0 Å². The molecule has 0 fully saturated rings. The van der Waals surface area contributed by atoms with Gasteiger partial charge in [-0.25, -0.2) is 9.97 Å². The summed E-state index contributed by atoms with van der Waals surface area (Å²) in [5.41, 5.74) is 2.97. The minimum absolute atomic E-state index is 0.106. The number of aromatic nitrogens is 3. The number of fused-ring (bicyclic) bond motifs is 1. The van der Waals surface area contributed by atoms with E-state index < -0.39 is 5.60 Å². The van der Waals surface area contributed by atoms with Crippen molar-refractivity contribution in [3.8, 4) is 0 Å². The number of carbonyl (C=O) groups is 2. The van der Waals surface area contributed by atoms with Crippen molar-refractivity contribution in [2.75, 3.05) is 5.32 Å². The van der Waals surface area contributed by atoms with Crippen LogP contribution in [-0.4, -0.2) is 32.3 Å². The second kappa shape index (κ2) is 9.24. The summed E-state index contributed by atoms with van der Waals surface area (Å²) in [6.07, 6.45) is 3.97. The number of aryl methyl sites for hydroxylation is 1. The van der Waals surface area contributed by atoms with Crippen LogP contribution in [0, 0.1) is 0 Å². The lowest BCUT2D eigenvalue weighted by atomic mass is 10.0. The highest BCUT2D eigenvalue weighted by atomic mass is 16.6. The molecule has 2 N–H and O–H groups in total. The summed E-state index contributed by atoms with van der Waals surface area (Å²) in [6.45, 7) is 5.57. The molecule has 4 aromatic rings. The quantitative estimate of drug-likeness (QED) is 0.301. The van der Waals surface area contributed by atoms with Gasteiger partial charge in [-0.1, -0.05) is 42.5 Å². The molecule has 168 valence electrons. The summed E-state index contributed by atoms with van der Waals surface area (Å²) in [5, 5.41) is 3.94. The van der Waals surface area contributed by atoms with E-state index in [1.165, 1.54) is 6.33 Å². The number of hydrogen-bond acceptors (Lipinski definition) is 6. The molecular weight excluding hydrogens is 416 g/mol. The van der Waals surface area contributed by atoms with Crippen molar-refractivity contribution >= 4 is 34.3 Å².